The number of hydrogen-bond donors (Lipinski definition) is 2. The molecule has 2 N–H and O–H groups in total. The van der Waals surface area contributed by atoms with Crippen LogP contribution in [0.2, 0.25) is 0 Å². The lowest BCUT2D eigenvalue weighted by molar-refractivity contribution is -0.123. The highest BCUT2D eigenvalue weighted by molar-refractivity contribution is 6.05. The van der Waals surface area contributed by atoms with Crippen LogP contribution in [0, 0.1) is 5.92 Å². The molecule has 0 radical (unpaired) electrons. The molecular weight excluding hydrogens is 204 g/mol. The minimum Gasteiger partial charge on any atom is -0.316 e. The van der Waals surface area contributed by atoms with Crippen molar-refractivity contribution < 1.29 is 9.59 Å². The van der Waals surface area contributed by atoms with Gasteiger partial charge in [-0.25, -0.2) is 0 Å². The average molecular weight is 218 g/mol. The van der Waals surface area contributed by atoms with E-state index in [4.69, 9.17) is 0 Å². The Kier molecular flexibility index (Phi) is 3.31. The highest BCUT2D eigenvalue weighted by atomic mass is 16.2. The molecular formula is C12H14N2O2. The van der Waals surface area contributed by atoms with Crippen molar-refractivity contribution in [2.75, 3.05) is 13.1 Å². The highest BCUT2D eigenvalue weighted by Crippen LogP contribution is 2.07. The summed E-state index contributed by atoms with van der Waals surface area (Å²) in [6.07, 6.45) is 0.800. The molecule has 1 aliphatic heterocycles. The molecule has 1 heterocycles. The Morgan fingerprint density at radius 3 is 2.62 bits per heavy atom. The summed E-state index contributed by atoms with van der Waals surface area (Å²) in [5.74, 6) is -0.580. The van der Waals surface area contributed by atoms with E-state index >= 15 is 0 Å². The molecule has 0 aliphatic carbocycles. The summed E-state index contributed by atoms with van der Waals surface area (Å²) in [5, 5.41) is 5.51. The fraction of sp³-hybridized carbons (Fsp3) is 0.333. The number of hydrogen-bond acceptors (Lipinski definition) is 3. The Labute approximate surface area is 94.0 Å². The predicted molar refractivity (Wildman–Crippen MR) is 59.9 cm³/mol. The van der Waals surface area contributed by atoms with Crippen molar-refractivity contribution in [2.45, 2.75) is 6.42 Å². The van der Waals surface area contributed by atoms with Crippen LogP contribution in [0.15, 0.2) is 30.3 Å². The Hall–Kier alpha value is -1.68. The minimum atomic E-state index is -0.322. The fourth-order valence-corrected chi connectivity index (χ4v) is 1.75. The second-order valence-electron chi connectivity index (χ2n) is 3.87. The molecule has 0 bridgehead atoms. The van der Waals surface area contributed by atoms with Gasteiger partial charge in [-0.05, 0) is 25.1 Å². The number of carbonyl (C=O) groups excluding carboxylic acids is 2. The molecule has 0 saturated carbocycles. The zero-order chi connectivity index (χ0) is 11.4. The van der Waals surface area contributed by atoms with E-state index in [0.29, 0.717) is 12.1 Å². The van der Waals surface area contributed by atoms with E-state index in [9.17, 15) is 9.59 Å². The van der Waals surface area contributed by atoms with Gasteiger partial charge in [0.25, 0.3) is 5.91 Å². The van der Waals surface area contributed by atoms with Crippen molar-refractivity contribution >= 4 is 11.8 Å². The largest absolute Gasteiger partial charge is 0.316 e. The van der Waals surface area contributed by atoms with Gasteiger partial charge in [-0.15, -0.1) is 0 Å². The van der Waals surface area contributed by atoms with Crippen molar-refractivity contribution in [2.24, 2.45) is 5.92 Å². The zero-order valence-electron chi connectivity index (χ0n) is 8.90. The maximum atomic E-state index is 11.7. The molecule has 4 nitrogen and oxygen atoms in total. The zero-order valence-corrected chi connectivity index (χ0v) is 8.90. The van der Waals surface area contributed by atoms with E-state index in [-0.39, 0.29) is 17.7 Å². The van der Waals surface area contributed by atoms with Crippen LogP contribution < -0.4 is 10.6 Å². The second-order valence-corrected chi connectivity index (χ2v) is 3.87. The van der Waals surface area contributed by atoms with Crippen LogP contribution >= 0.6 is 0 Å². The first kappa shape index (κ1) is 10.8. The van der Waals surface area contributed by atoms with Gasteiger partial charge in [0.15, 0.2) is 0 Å². The standard InChI is InChI=1S/C12H14N2O2/c15-11(9-4-2-1-3-5-9)14-12(16)10-6-7-13-8-10/h1-5,10,13H,6-8H2,(H,14,15,16). The molecule has 2 rings (SSSR count). The van der Waals surface area contributed by atoms with E-state index in [1.807, 2.05) is 6.07 Å². The summed E-state index contributed by atoms with van der Waals surface area (Å²) < 4.78 is 0. The minimum absolute atomic E-state index is 0.0762. The number of imide groups is 1. The van der Waals surface area contributed by atoms with Crippen molar-refractivity contribution in [3.63, 3.8) is 0 Å². The van der Waals surface area contributed by atoms with Gasteiger partial charge in [0.1, 0.15) is 0 Å². The van der Waals surface area contributed by atoms with Crippen molar-refractivity contribution in [3.8, 4) is 0 Å². The third kappa shape index (κ3) is 2.46. The molecule has 1 aromatic carbocycles. The number of benzene rings is 1. The van der Waals surface area contributed by atoms with Gasteiger partial charge in [0.2, 0.25) is 5.91 Å². The molecule has 1 saturated heterocycles. The highest BCUT2D eigenvalue weighted by Gasteiger charge is 2.23. The first-order chi connectivity index (χ1) is 7.77. The lowest BCUT2D eigenvalue weighted by atomic mass is 10.1. The smallest absolute Gasteiger partial charge is 0.257 e. The van der Waals surface area contributed by atoms with Gasteiger partial charge in [0, 0.05) is 12.1 Å². The molecule has 0 aromatic heterocycles. The van der Waals surface area contributed by atoms with Crippen LogP contribution in [0.3, 0.4) is 0 Å². The molecule has 1 atom stereocenters. The van der Waals surface area contributed by atoms with Gasteiger partial charge < -0.3 is 5.32 Å². The number of rotatable bonds is 2. The van der Waals surface area contributed by atoms with Crippen LogP contribution in [-0.4, -0.2) is 24.9 Å². The van der Waals surface area contributed by atoms with E-state index in [1.54, 1.807) is 24.3 Å². The van der Waals surface area contributed by atoms with Gasteiger partial charge in [-0.1, -0.05) is 18.2 Å². The third-order valence-corrected chi connectivity index (χ3v) is 2.70. The number of nitrogens with one attached hydrogen (secondary N) is 2. The van der Waals surface area contributed by atoms with Crippen molar-refractivity contribution in [3.05, 3.63) is 35.9 Å². The maximum absolute atomic E-state index is 11.7. The van der Waals surface area contributed by atoms with E-state index in [1.165, 1.54) is 0 Å². The molecule has 1 aliphatic rings. The summed E-state index contributed by atoms with van der Waals surface area (Å²) >= 11 is 0. The predicted octanol–water partition coefficient (Wildman–Crippen LogP) is 0.552. The maximum Gasteiger partial charge on any atom is 0.257 e. The monoisotopic (exact) mass is 218 g/mol. The molecule has 2 amide bonds. The lowest BCUT2D eigenvalue weighted by Crippen LogP contribution is -2.36. The van der Waals surface area contributed by atoms with E-state index < -0.39 is 0 Å². The molecule has 84 valence electrons. The first-order valence-corrected chi connectivity index (χ1v) is 5.38. The Morgan fingerprint density at radius 1 is 1.25 bits per heavy atom. The third-order valence-electron chi connectivity index (χ3n) is 2.70. The van der Waals surface area contributed by atoms with Crippen LogP contribution in [0.25, 0.3) is 0 Å². The van der Waals surface area contributed by atoms with Gasteiger partial charge in [-0.3, -0.25) is 14.9 Å². The van der Waals surface area contributed by atoms with Crippen LogP contribution in [0.5, 0.6) is 0 Å². The quantitative estimate of drug-likeness (QED) is 0.713. The summed E-state index contributed by atoms with van der Waals surface area (Å²) in [7, 11) is 0. The molecule has 4 heteroatoms. The summed E-state index contributed by atoms with van der Waals surface area (Å²) in [6, 6.07) is 8.76. The van der Waals surface area contributed by atoms with Crippen molar-refractivity contribution in [1.29, 1.82) is 0 Å². The Bertz CT molecular complexity index is 383. The lowest BCUT2D eigenvalue weighted by Gasteiger charge is -2.08. The average Bonchev–Trinajstić information content (AvgIpc) is 2.83. The second kappa shape index (κ2) is 4.90. The summed E-state index contributed by atoms with van der Waals surface area (Å²) in [4.78, 5) is 23.3. The topological polar surface area (TPSA) is 58.2 Å². The number of carbonyl (C=O) groups is 2. The van der Waals surface area contributed by atoms with Crippen LogP contribution in [0.4, 0.5) is 0 Å². The van der Waals surface area contributed by atoms with Crippen LogP contribution in [-0.2, 0) is 4.79 Å². The first-order valence-electron chi connectivity index (χ1n) is 5.38. The molecule has 1 aromatic rings. The van der Waals surface area contributed by atoms with Crippen LogP contribution in [0.1, 0.15) is 16.8 Å². The van der Waals surface area contributed by atoms with Gasteiger partial charge in [-0.2, -0.15) is 0 Å². The SMILES string of the molecule is O=C(NC(=O)C1CCNC1)c1ccccc1. The molecule has 16 heavy (non-hydrogen) atoms. The Morgan fingerprint density at radius 2 is 2.00 bits per heavy atom. The molecule has 1 fully saturated rings. The fourth-order valence-electron chi connectivity index (χ4n) is 1.75. The Balaban J connectivity index is 1.94. The molecule has 0 spiro atoms. The van der Waals surface area contributed by atoms with Crippen molar-refractivity contribution in [1.82, 2.24) is 10.6 Å². The number of amides is 2. The summed E-state index contributed by atoms with van der Waals surface area (Å²) in [6.45, 7) is 1.51. The molecule has 1 unspecified atom stereocenters. The van der Waals surface area contributed by atoms with Gasteiger partial charge in [0.05, 0.1) is 5.92 Å². The normalized spacial score (nSPS) is 19.4. The van der Waals surface area contributed by atoms with E-state index in [0.717, 1.165) is 13.0 Å². The summed E-state index contributed by atoms with van der Waals surface area (Å²) in [5.41, 5.74) is 0.516. The van der Waals surface area contributed by atoms with Gasteiger partial charge >= 0.3 is 0 Å². The van der Waals surface area contributed by atoms with E-state index in [2.05, 4.69) is 10.6 Å².